The molecule has 4 aromatic rings. The fourth-order valence-electron chi connectivity index (χ4n) is 4.88. The van der Waals surface area contributed by atoms with Crippen LogP contribution in [0.4, 0.5) is 13.6 Å². The summed E-state index contributed by atoms with van der Waals surface area (Å²) in [5.41, 5.74) is 1.06. The lowest BCUT2D eigenvalue weighted by Gasteiger charge is -2.25. The summed E-state index contributed by atoms with van der Waals surface area (Å²) in [6, 6.07) is 16.8. The molecule has 1 aliphatic heterocycles. The Hall–Kier alpha value is -3.95. The number of rotatable bonds is 7. The molecule has 1 aromatic heterocycles. The maximum atomic E-state index is 15.6. The molecular weight excluding hydrogens is 575 g/mol. The van der Waals surface area contributed by atoms with E-state index in [1.54, 1.807) is 13.0 Å². The third-order valence-electron chi connectivity index (χ3n) is 6.73. The zero-order chi connectivity index (χ0) is 29.1. The molecule has 5 rings (SSSR count). The lowest BCUT2D eigenvalue weighted by molar-refractivity contribution is 0.0520. The highest BCUT2D eigenvalue weighted by Gasteiger charge is 2.38. The Kier molecular flexibility index (Phi) is 8.56. The summed E-state index contributed by atoms with van der Waals surface area (Å²) in [6.45, 7) is 2.11. The summed E-state index contributed by atoms with van der Waals surface area (Å²) in [5.74, 6) is -2.02. The number of ether oxygens (including phenoxy) is 2. The van der Waals surface area contributed by atoms with Crippen molar-refractivity contribution in [3.8, 4) is 16.9 Å². The van der Waals surface area contributed by atoms with Gasteiger partial charge < -0.3 is 9.47 Å². The van der Waals surface area contributed by atoms with E-state index in [4.69, 9.17) is 32.7 Å². The van der Waals surface area contributed by atoms with Crippen LogP contribution in [0.1, 0.15) is 47.7 Å². The largest absolute Gasteiger partial charge is 0.461 e. The van der Waals surface area contributed by atoms with E-state index in [1.807, 2.05) is 30.3 Å². The van der Waals surface area contributed by atoms with Crippen molar-refractivity contribution in [2.24, 2.45) is 0 Å². The second kappa shape index (κ2) is 12.3. The number of carbonyl (C=O) groups is 2. The number of hydrogen-bond acceptors (Lipinski definition) is 5. The van der Waals surface area contributed by atoms with E-state index in [9.17, 15) is 14.0 Å². The first-order valence-electron chi connectivity index (χ1n) is 13.0. The second-order valence-corrected chi connectivity index (χ2v) is 10.1. The third-order valence-corrected chi connectivity index (χ3v) is 7.31. The summed E-state index contributed by atoms with van der Waals surface area (Å²) >= 11 is 12.3. The van der Waals surface area contributed by atoms with Gasteiger partial charge >= 0.3 is 12.1 Å². The van der Waals surface area contributed by atoms with Gasteiger partial charge in [0.15, 0.2) is 11.5 Å². The smallest absolute Gasteiger partial charge is 0.410 e. The molecule has 1 saturated heterocycles. The molecule has 1 atom stereocenters. The summed E-state index contributed by atoms with van der Waals surface area (Å²) in [6.07, 6.45) is 0.495. The Morgan fingerprint density at radius 1 is 1.00 bits per heavy atom. The maximum Gasteiger partial charge on any atom is 0.410 e. The minimum absolute atomic E-state index is 0.0181. The Bertz CT molecular complexity index is 1600. The van der Waals surface area contributed by atoms with Gasteiger partial charge in [-0.3, -0.25) is 9.47 Å². The molecule has 3 aromatic carbocycles. The molecule has 2 heterocycles. The van der Waals surface area contributed by atoms with E-state index < -0.39 is 29.7 Å². The zero-order valence-corrected chi connectivity index (χ0v) is 23.5. The standard InChI is InChI=1S/C30H25Cl2F2N3O4/c1-2-40-29(38)26-27(19-13-14-22(33)21(32)16-19)37(23-11-6-10-20(31)25(23)34)28(35-26)24-12-7-15-36(24)30(39)41-17-18-8-4-3-5-9-18/h3-6,8-11,13-14,16,24H,2,7,12,15,17H2,1H3/t24-/m1/s1. The monoisotopic (exact) mass is 599 g/mol. The number of benzene rings is 3. The Morgan fingerprint density at radius 3 is 2.51 bits per heavy atom. The van der Waals surface area contributed by atoms with E-state index in [2.05, 4.69) is 4.98 Å². The van der Waals surface area contributed by atoms with Crippen LogP contribution < -0.4 is 0 Å². The number of amides is 1. The molecule has 11 heteroatoms. The van der Waals surface area contributed by atoms with Crippen molar-refractivity contribution in [1.29, 1.82) is 0 Å². The average molecular weight is 600 g/mol. The van der Waals surface area contributed by atoms with E-state index >= 15 is 4.39 Å². The minimum Gasteiger partial charge on any atom is -0.461 e. The van der Waals surface area contributed by atoms with Crippen LogP contribution in [-0.4, -0.2) is 39.7 Å². The number of aromatic nitrogens is 2. The second-order valence-electron chi connectivity index (χ2n) is 9.32. The van der Waals surface area contributed by atoms with Gasteiger partial charge in [0.2, 0.25) is 0 Å². The number of likely N-dealkylation sites (tertiary alicyclic amines) is 1. The first-order valence-corrected chi connectivity index (χ1v) is 13.7. The molecule has 0 bridgehead atoms. The fraction of sp³-hybridized carbons (Fsp3) is 0.233. The molecule has 0 unspecified atom stereocenters. The van der Waals surface area contributed by atoms with Gasteiger partial charge in [-0.15, -0.1) is 0 Å². The van der Waals surface area contributed by atoms with Gasteiger partial charge in [-0.25, -0.2) is 23.4 Å². The lowest BCUT2D eigenvalue weighted by atomic mass is 10.1. The third kappa shape index (κ3) is 5.78. The van der Waals surface area contributed by atoms with Crippen LogP contribution in [0.25, 0.3) is 16.9 Å². The normalized spacial score (nSPS) is 14.8. The molecule has 41 heavy (non-hydrogen) atoms. The average Bonchev–Trinajstić information content (AvgIpc) is 3.61. The Morgan fingerprint density at radius 2 is 1.78 bits per heavy atom. The summed E-state index contributed by atoms with van der Waals surface area (Å²) in [4.78, 5) is 32.6. The molecule has 1 amide bonds. The molecule has 7 nitrogen and oxygen atoms in total. The van der Waals surface area contributed by atoms with Gasteiger partial charge in [-0.05, 0) is 55.7 Å². The quantitative estimate of drug-likeness (QED) is 0.203. The van der Waals surface area contributed by atoms with Crippen molar-refractivity contribution in [2.45, 2.75) is 32.4 Å². The number of carbonyl (C=O) groups excluding carboxylic acids is 2. The van der Waals surface area contributed by atoms with E-state index in [1.165, 1.54) is 33.7 Å². The van der Waals surface area contributed by atoms with Gasteiger partial charge in [-0.1, -0.05) is 59.6 Å². The molecule has 0 saturated carbocycles. The van der Waals surface area contributed by atoms with Crippen LogP contribution in [0, 0.1) is 11.6 Å². The molecule has 212 valence electrons. The van der Waals surface area contributed by atoms with Gasteiger partial charge in [0.1, 0.15) is 18.2 Å². The molecule has 0 aliphatic carbocycles. The number of imidazole rings is 1. The predicted molar refractivity (Wildman–Crippen MR) is 150 cm³/mol. The van der Waals surface area contributed by atoms with Crippen LogP contribution in [0.15, 0.2) is 66.7 Å². The van der Waals surface area contributed by atoms with Crippen LogP contribution in [0.3, 0.4) is 0 Å². The maximum absolute atomic E-state index is 15.6. The number of esters is 1. The number of hydrogen-bond donors (Lipinski definition) is 0. The van der Waals surface area contributed by atoms with Crippen molar-refractivity contribution in [3.05, 3.63) is 105 Å². The van der Waals surface area contributed by atoms with Crippen LogP contribution in [0.2, 0.25) is 10.0 Å². The van der Waals surface area contributed by atoms with Gasteiger partial charge in [0, 0.05) is 12.1 Å². The van der Waals surface area contributed by atoms with Crippen molar-refractivity contribution < 1.29 is 27.8 Å². The van der Waals surface area contributed by atoms with E-state index in [0.29, 0.717) is 19.4 Å². The number of halogens is 4. The minimum atomic E-state index is -0.776. The first-order chi connectivity index (χ1) is 19.8. The van der Waals surface area contributed by atoms with Crippen molar-refractivity contribution in [2.75, 3.05) is 13.2 Å². The highest BCUT2D eigenvalue weighted by Crippen LogP contribution is 2.40. The molecular formula is C30H25Cl2F2N3O4. The fourth-order valence-corrected chi connectivity index (χ4v) is 5.23. The highest BCUT2D eigenvalue weighted by molar-refractivity contribution is 6.31. The summed E-state index contributed by atoms with van der Waals surface area (Å²) in [5, 5.41) is -0.362. The summed E-state index contributed by atoms with van der Waals surface area (Å²) in [7, 11) is 0. The molecule has 0 N–H and O–H groups in total. The highest BCUT2D eigenvalue weighted by atomic mass is 35.5. The SMILES string of the molecule is CCOC(=O)c1nc([C@H]2CCCN2C(=O)OCc2ccccc2)n(-c2cccc(Cl)c2F)c1-c1ccc(F)c(Cl)c1. The van der Waals surface area contributed by atoms with Gasteiger partial charge in [0.25, 0.3) is 0 Å². The van der Waals surface area contributed by atoms with Crippen molar-refractivity contribution >= 4 is 35.3 Å². The van der Waals surface area contributed by atoms with Crippen LogP contribution in [-0.2, 0) is 16.1 Å². The van der Waals surface area contributed by atoms with Gasteiger partial charge in [0.05, 0.1) is 34.1 Å². The van der Waals surface area contributed by atoms with Gasteiger partial charge in [-0.2, -0.15) is 0 Å². The van der Waals surface area contributed by atoms with Crippen molar-refractivity contribution in [3.63, 3.8) is 0 Å². The lowest BCUT2D eigenvalue weighted by Crippen LogP contribution is -2.32. The molecule has 1 aliphatic rings. The summed E-state index contributed by atoms with van der Waals surface area (Å²) < 4.78 is 42.1. The first kappa shape index (κ1) is 28.6. The topological polar surface area (TPSA) is 73.7 Å². The Labute approximate surface area is 245 Å². The Balaban J connectivity index is 1.67. The van der Waals surface area contributed by atoms with Crippen molar-refractivity contribution in [1.82, 2.24) is 14.5 Å². The predicted octanol–water partition coefficient (Wildman–Crippen LogP) is 7.77. The zero-order valence-electron chi connectivity index (χ0n) is 22.0. The number of nitrogens with zero attached hydrogens (tertiary/aromatic N) is 3. The van der Waals surface area contributed by atoms with Crippen LogP contribution >= 0.6 is 23.2 Å². The molecule has 0 radical (unpaired) electrons. The van der Waals surface area contributed by atoms with E-state index in [0.717, 1.165) is 11.6 Å². The van der Waals surface area contributed by atoms with Crippen LogP contribution in [0.5, 0.6) is 0 Å². The molecule has 1 fully saturated rings. The van der Waals surface area contributed by atoms with E-state index in [-0.39, 0.29) is 51.7 Å². The molecule has 0 spiro atoms.